The van der Waals surface area contributed by atoms with E-state index in [1.807, 2.05) is 11.7 Å². The van der Waals surface area contributed by atoms with E-state index in [9.17, 15) is 0 Å². The summed E-state index contributed by atoms with van der Waals surface area (Å²) in [5.41, 5.74) is 3.60. The van der Waals surface area contributed by atoms with Gasteiger partial charge in [0.15, 0.2) is 0 Å². The van der Waals surface area contributed by atoms with Crippen LogP contribution in [-0.4, -0.2) is 28.9 Å². The smallest absolute Gasteiger partial charge is 0.130 e. The second-order valence-electron chi connectivity index (χ2n) is 6.65. The van der Waals surface area contributed by atoms with Gasteiger partial charge in [0, 0.05) is 44.2 Å². The second-order valence-corrected chi connectivity index (χ2v) is 7.88. The third-order valence-electron chi connectivity index (χ3n) is 4.03. The molecule has 1 N–H and O–H groups in total. The van der Waals surface area contributed by atoms with Crippen LogP contribution in [0.25, 0.3) is 0 Å². The number of nitrogens with zero attached hydrogens (tertiary/aromatic N) is 4. The van der Waals surface area contributed by atoms with Crippen LogP contribution in [0.2, 0.25) is 0 Å². The van der Waals surface area contributed by atoms with Gasteiger partial charge in [-0.2, -0.15) is 5.10 Å². The summed E-state index contributed by atoms with van der Waals surface area (Å²) in [6.45, 7) is 11.6. The number of nitrogens with one attached hydrogen (secondary N) is 1. The lowest BCUT2D eigenvalue weighted by Gasteiger charge is -2.18. The van der Waals surface area contributed by atoms with Crippen molar-refractivity contribution in [3.8, 4) is 0 Å². The van der Waals surface area contributed by atoms with Gasteiger partial charge in [-0.05, 0) is 26.7 Å². The molecule has 1 unspecified atom stereocenters. The first kappa shape index (κ1) is 17.9. The van der Waals surface area contributed by atoms with Gasteiger partial charge in [-0.3, -0.25) is 4.68 Å². The van der Waals surface area contributed by atoms with E-state index in [1.54, 1.807) is 11.3 Å². The highest BCUT2D eigenvalue weighted by Gasteiger charge is 2.21. The maximum absolute atomic E-state index is 4.73. The molecule has 0 saturated heterocycles. The van der Waals surface area contributed by atoms with E-state index in [-0.39, 0.29) is 6.04 Å². The number of aryl methyl sites for hydroxylation is 3. The Balaban J connectivity index is 2.24. The molecule has 0 aliphatic rings. The zero-order valence-corrected chi connectivity index (χ0v) is 16.4. The minimum Gasteiger partial charge on any atom is -0.363 e. The van der Waals surface area contributed by atoms with Crippen molar-refractivity contribution in [2.75, 3.05) is 19.0 Å². The van der Waals surface area contributed by atoms with Crippen molar-refractivity contribution in [1.29, 1.82) is 0 Å². The molecule has 0 fully saturated rings. The first-order valence-electron chi connectivity index (χ1n) is 8.12. The molecule has 0 radical (unpaired) electrons. The van der Waals surface area contributed by atoms with Crippen molar-refractivity contribution in [2.45, 2.75) is 53.1 Å². The summed E-state index contributed by atoms with van der Waals surface area (Å²) < 4.78 is 1.99. The Morgan fingerprint density at radius 3 is 2.35 bits per heavy atom. The summed E-state index contributed by atoms with van der Waals surface area (Å²) in [6, 6.07) is 0.288. The number of anilines is 1. The lowest BCUT2D eigenvalue weighted by Crippen LogP contribution is -2.21. The summed E-state index contributed by atoms with van der Waals surface area (Å²) in [5.74, 6) is 1.58. The highest BCUT2D eigenvalue weighted by molar-refractivity contribution is 7.11. The van der Waals surface area contributed by atoms with Crippen LogP contribution in [0.5, 0.6) is 0 Å². The summed E-state index contributed by atoms with van der Waals surface area (Å²) in [5, 5.41) is 9.52. The SMILES string of the molecule is Cc1nc(C)c(C(C)NCc2c(C(C)C)nn(C)c2N(C)C)s1. The van der Waals surface area contributed by atoms with Gasteiger partial charge in [0.2, 0.25) is 0 Å². The van der Waals surface area contributed by atoms with Crippen LogP contribution in [0.3, 0.4) is 0 Å². The van der Waals surface area contributed by atoms with Crippen LogP contribution in [0, 0.1) is 13.8 Å². The molecule has 2 rings (SSSR count). The van der Waals surface area contributed by atoms with Crippen LogP contribution in [0.15, 0.2) is 0 Å². The van der Waals surface area contributed by atoms with E-state index in [0.29, 0.717) is 5.92 Å². The molecule has 0 aliphatic heterocycles. The molecular weight excluding hydrogens is 306 g/mol. The van der Waals surface area contributed by atoms with Crippen molar-refractivity contribution in [2.24, 2.45) is 7.05 Å². The van der Waals surface area contributed by atoms with Crippen molar-refractivity contribution in [1.82, 2.24) is 20.1 Å². The lowest BCUT2D eigenvalue weighted by molar-refractivity contribution is 0.575. The highest BCUT2D eigenvalue weighted by Crippen LogP contribution is 2.29. The Bertz CT molecular complexity index is 669. The van der Waals surface area contributed by atoms with E-state index < -0.39 is 0 Å². The Hall–Kier alpha value is -1.40. The summed E-state index contributed by atoms with van der Waals surface area (Å²) in [7, 11) is 6.17. The van der Waals surface area contributed by atoms with Crippen molar-refractivity contribution >= 4 is 17.2 Å². The molecule has 6 heteroatoms. The number of rotatable bonds is 6. The van der Waals surface area contributed by atoms with E-state index in [4.69, 9.17) is 5.10 Å². The Morgan fingerprint density at radius 1 is 1.22 bits per heavy atom. The van der Waals surface area contributed by atoms with E-state index in [1.165, 1.54) is 22.0 Å². The molecule has 0 aliphatic carbocycles. The van der Waals surface area contributed by atoms with Gasteiger partial charge in [-0.25, -0.2) is 4.98 Å². The quantitative estimate of drug-likeness (QED) is 0.877. The first-order chi connectivity index (χ1) is 10.7. The topological polar surface area (TPSA) is 46.0 Å². The van der Waals surface area contributed by atoms with Gasteiger partial charge in [0.05, 0.1) is 16.4 Å². The minimum atomic E-state index is 0.288. The number of hydrogen-bond donors (Lipinski definition) is 1. The summed E-state index contributed by atoms with van der Waals surface area (Å²) in [4.78, 5) is 8.00. The van der Waals surface area contributed by atoms with Crippen molar-refractivity contribution in [3.05, 3.63) is 26.8 Å². The van der Waals surface area contributed by atoms with Gasteiger partial charge in [0.1, 0.15) is 5.82 Å². The van der Waals surface area contributed by atoms with Crippen LogP contribution in [0.4, 0.5) is 5.82 Å². The fourth-order valence-corrected chi connectivity index (χ4v) is 4.02. The van der Waals surface area contributed by atoms with E-state index in [2.05, 4.69) is 63.9 Å². The van der Waals surface area contributed by atoms with Gasteiger partial charge in [-0.15, -0.1) is 11.3 Å². The van der Waals surface area contributed by atoms with Gasteiger partial charge in [-0.1, -0.05) is 13.8 Å². The predicted molar refractivity (Wildman–Crippen MR) is 98.5 cm³/mol. The van der Waals surface area contributed by atoms with Crippen molar-refractivity contribution < 1.29 is 0 Å². The Kier molecular flexibility index (Phi) is 5.47. The van der Waals surface area contributed by atoms with E-state index in [0.717, 1.165) is 17.2 Å². The molecule has 0 bridgehead atoms. The average Bonchev–Trinajstić information content (AvgIpc) is 2.95. The average molecular weight is 336 g/mol. The molecule has 2 aromatic heterocycles. The zero-order valence-electron chi connectivity index (χ0n) is 15.6. The van der Waals surface area contributed by atoms with Gasteiger partial charge < -0.3 is 10.2 Å². The second kappa shape index (κ2) is 7.01. The fourth-order valence-electron chi connectivity index (χ4n) is 3.07. The number of thiazole rings is 1. The van der Waals surface area contributed by atoms with Crippen molar-refractivity contribution in [3.63, 3.8) is 0 Å². The largest absolute Gasteiger partial charge is 0.363 e. The Morgan fingerprint density at radius 2 is 1.87 bits per heavy atom. The fraction of sp³-hybridized carbons (Fsp3) is 0.647. The molecule has 0 saturated carbocycles. The normalized spacial score (nSPS) is 12.9. The first-order valence-corrected chi connectivity index (χ1v) is 8.94. The van der Waals surface area contributed by atoms with Crippen LogP contribution in [0.1, 0.15) is 59.6 Å². The molecule has 2 heterocycles. The number of hydrogen-bond acceptors (Lipinski definition) is 5. The monoisotopic (exact) mass is 335 g/mol. The molecule has 0 aromatic carbocycles. The number of aromatic nitrogens is 3. The van der Waals surface area contributed by atoms with Gasteiger partial charge in [0.25, 0.3) is 0 Å². The highest BCUT2D eigenvalue weighted by atomic mass is 32.1. The maximum atomic E-state index is 4.73. The molecule has 23 heavy (non-hydrogen) atoms. The van der Waals surface area contributed by atoms with E-state index >= 15 is 0 Å². The zero-order chi connectivity index (χ0) is 17.3. The molecule has 0 spiro atoms. The lowest BCUT2D eigenvalue weighted by atomic mass is 10.0. The van der Waals surface area contributed by atoms with Crippen LogP contribution in [-0.2, 0) is 13.6 Å². The summed E-state index contributed by atoms with van der Waals surface area (Å²) in [6.07, 6.45) is 0. The maximum Gasteiger partial charge on any atom is 0.130 e. The summed E-state index contributed by atoms with van der Waals surface area (Å²) >= 11 is 1.78. The molecule has 0 amide bonds. The Labute approximate surface area is 143 Å². The predicted octanol–water partition coefficient (Wildman–Crippen LogP) is 3.53. The van der Waals surface area contributed by atoms with Gasteiger partial charge >= 0.3 is 0 Å². The third kappa shape index (κ3) is 3.75. The molecular formula is C17H29N5S. The van der Waals surface area contributed by atoms with Crippen LogP contribution < -0.4 is 10.2 Å². The molecule has 5 nitrogen and oxygen atoms in total. The third-order valence-corrected chi connectivity index (χ3v) is 5.29. The molecule has 1 atom stereocenters. The van der Waals surface area contributed by atoms with Crippen LogP contribution >= 0.6 is 11.3 Å². The molecule has 2 aromatic rings. The minimum absolute atomic E-state index is 0.288. The standard InChI is InChI=1S/C17H29N5S/c1-10(2)15-14(17(21(6)7)22(8)20-15)9-18-11(3)16-12(4)19-13(5)23-16/h10-11,18H,9H2,1-8H3. The molecule has 128 valence electrons.